The van der Waals surface area contributed by atoms with Crippen LogP contribution in [0.2, 0.25) is 0 Å². The Kier molecular flexibility index (Phi) is 5.04. The monoisotopic (exact) mass is 259 g/mol. The van der Waals surface area contributed by atoms with E-state index in [0.717, 1.165) is 0 Å². The average Bonchev–Trinajstić information content (AvgIpc) is 2.28. The molecule has 0 atom stereocenters. The molecule has 0 fully saturated rings. The number of carbonyl (C=O) groups excluding carboxylic acids is 1. The summed E-state index contributed by atoms with van der Waals surface area (Å²) in [5.74, 6) is -1.54. The van der Waals surface area contributed by atoms with Gasteiger partial charge in [-0.05, 0) is 24.3 Å². The molecule has 7 heteroatoms. The number of alkyl halides is 2. The SMILES string of the molecule is O=C(O)CCC(=O)Nc1ccc(OC(F)F)cc1. The van der Waals surface area contributed by atoms with Crippen molar-refractivity contribution in [1.29, 1.82) is 0 Å². The van der Waals surface area contributed by atoms with E-state index in [2.05, 4.69) is 10.1 Å². The van der Waals surface area contributed by atoms with Gasteiger partial charge in [-0.2, -0.15) is 8.78 Å². The standard InChI is InChI=1S/C11H11F2NO4/c12-11(13)18-8-3-1-7(2-4-8)14-9(15)5-6-10(16)17/h1-4,11H,5-6H2,(H,14,15)(H,16,17). The zero-order valence-electron chi connectivity index (χ0n) is 9.23. The molecule has 2 N–H and O–H groups in total. The molecule has 1 aromatic rings. The first-order valence-electron chi connectivity index (χ1n) is 5.04. The van der Waals surface area contributed by atoms with Crippen LogP contribution in [0.15, 0.2) is 24.3 Å². The molecule has 0 saturated heterocycles. The Balaban J connectivity index is 2.48. The van der Waals surface area contributed by atoms with Crippen molar-refractivity contribution in [2.75, 3.05) is 5.32 Å². The van der Waals surface area contributed by atoms with Crippen LogP contribution in [0.3, 0.4) is 0 Å². The molecule has 18 heavy (non-hydrogen) atoms. The Morgan fingerprint density at radius 1 is 1.22 bits per heavy atom. The van der Waals surface area contributed by atoms with E-state index in [1.807, 2.05) is 0 Å². The van der Waals surface area contributed by atoms with E-state index in [4.69, 9.17) is 5.11 Å². The van der Waals surface area contributed by atoms with Crippen molar-refractivity contribution >= 4 is 17.6 Å². The van der Waals surface area contributed by atoms with Crippen LogP contribution in [0.4, 0.5) is 14.5 Å². The summed E-state index contributed by atoms with van der Waals surface area (Å²) in [6.45, 7) is -2.90. The fraction of sp³-hybridized carbons (Fsp3) is 0.273. The second-order valence-corrected chi connectivity index (χ2v) is 3.34. The average molecular weight is 259 g/mol. The number of carboxylic acid groups (broad SMARTS) is 1. The molecule has 5 nitrogen and oxygen atoms in total. The molecule has 1 amide bonds. The molecule has 98 valence electrons. The number of carbonyl (C=O) groups is 2. The number of halogens is 2. The van der Waals surface area contributed by atoms with Gasteiger partial charge in [-0.15, -0.1) is 0 Å². The van der Waals surface area contributed by atoms with Gasteiger partial charge in [0.1, 0.15) is 5.75 Å². The number of benzene rings is 1. The van der Waals surface area contributed by atoms with Crippen LogP contribution in [0.1, 0.15) is 12.8 Å². The van der Waals surface area contributed by atoms with Crippen molar-refractivity contribution < 1.29 is 28.2 Å². The van der Waals surface area contributed by atoms with Crippen LogP contribution in [-0.4, -0.2) is 23.6 Å². The molecule has 0 aromatic heterocycles. The van der Waals surface area contributed by atoms with Crippen molar-refractivity contribution in [3.05, 3.63) is 24.3 Å². The van der Waals surface area contributed by atoms with Gasteiger partial charge >= 0.3 is 12.6 Å². The Morgan fingerprint density at radius 3 is 2.33 bits per heavy atom. The zero-order valence-corrected chi connectivity index (χ0v) is 9.23. The fourth-order valence-corrected chi connectivity index (χ4v) is 1.16. The summed E-state index contributed by atoms with van der Waals surface area (Å²) in [4.78, 5) is 21.5. The number of nitrogens with one attached hydrogen (secondary N) is 1. The van der Waals surface area contributed by atoms with Crippen LogP contribution >= 0.6 is 0 Å². The summed E-state index contributed by atoms with van der Waals surface area (Å²) in [6.07, 6.45) is -0.414. The number of hydrogen-bond acceptors (Lipinski definition) is 3. The largest absolute Gasteiger partial charge is 0.481 e. The van der Waals surface area contributed by atoms with E-state index in [1.165, 1.54) is 24.3 Å². The van der Waals surface area contributed by atoms with Gasteiger partial charge in [-0.25, -0.2) is 0 Å². The van der Waals surface area contributed by atoms with E-state index in [0.29, 0.717) is 5.69 Å². The maximum absolute atomic E-state index is 11.9. The number of hydrogen-bond donors (Lipinski definition) is 2. The molecule has 1 aromatic carbocycles. The maximum Gasteiger partial charge on any atom is 0.387 e. The molecule has 0 aliphatic heterocycles. The number of rotatable bonds is 6. The van der Waals surface area contributed by atoms with Crippen molar-refractivity contribution in [2.24, 2.45) is 0 Å². The minimum absolute atomic E-state index is 0.0199. The summed E-state index contributed by atoms with van der Waals surface area (Å²) in [6, 6.07) is 5.32. The molecule has 0 spiro atoms. The number of aliphatic carboxylic acids is 1. The second kappa shape index (κ2) is 6.53. The quantitative estimate of drug-likeness (QED) is 0.820. The summed E-state index contributed by atoms with van der Waals surface area (Å²) < 4.78 is 27.8. The lowest BCUT2D eigenvalue weighted by Crippen LogP contribution is -2.13. The van der Waals surface area contributed by atoms with E-state index in [9.17, 15) is 18.4 Å². The van der Waals surface area contributed by atoms with Crippen molar-refractivity contribution in [2.45, 2.75) is 19.5 Å². The van der Waals surface area contributed by atoms with E-state index in [1.54, 1.807) is 0 Å². The van der Waals surface area contributed by atoms with Crippen LogP contribution < -0.4 is 10.1 Å². The Bertz CT molecular complexity index is 420. The number of carboxylic acids is 1. The summed E-state index contributed by atoms with van der Waals surface area (Å²) in [5.41, 5.74) is 0.381. The number of ether oxygens (including phenoxy) is 1. The molecule has 0 saturated carbocycles. The maximum atomic E-state index is 11.9. The Hall–Kier alpha value is -2.18. The first-order chi connectivity index (χ1) is 8.47. The van der Waals surface area contributed by atoms with E-state index in [-0.39, 0.29) is 18.6 Å². The summed E-state index contributed by atoms with van der Waals surface area (Å²) in [5, 5.41) is 10.8. The molecule has 0 aliphatic rings. The van der Waals surface area contributed by atoms with Gasteiger partial charge in [0.25, 0.3) is 0 Å². The highest BCUT2D eigenvalue weighted by Gasteiger charge is 2.07. The molecular formula is C11H11F2NO4. The molecule has 0 unspecified atom stereocenters. The predicted octanol–water partition coefficient (Wildman–Crippen LogP) is 2.09. The van der Waals surface area contributed by atoms with Gasteiger partial charge in [0.2, 0.25) is 5.91 Å². The first-order valence-corrected chi connectivity index (χ1v) is 5.04. The van der Waals surface area contributed by atoms with Crippen molar-refractivity contribution in [3.63, 3.8) is 0 Å². The summed E-state index contributed by atoms with van der Waals surface area (Å²) >= 11 is 0. The van der Waals surface area contributed by atoms with Gasteiger partial charge in [0.15, 0.2) is 0 Å². The third-order valence-electron chi connectivity index (χ3n) is 1.93. The zero-order chi connectivity index (χ0) is 13.5. The smallest absolute Gasteiger partial charge is 0.387 e. The predicted molar refractivity (Wildman–Crippen MR) is 58.6 cm³/mol. The van der Waals surface area contributed by atoms with Gasteiger partial charge in [-0.1, -0.05) is 0 Å². The number of anilines is 1. The highest BCUT2D eigenvalue weighted by Crippen LogP contribution is 2.17. The lowest BCUT2D eigenvalue weighted by Gasteiger charge is -2.07. The van der Waals surface area contributed by atoms with Gasteiger partial charge in [0.05, 0.1) is 6.42 Å². The van der Waals surface area contributed by atoms with Gasteiger partial charge < -0.3 is 15.2 Å². The normalized spacial score (nSPS) is 10.2. The Labute approximate surface area is 101 Å². The highest BCUT2D eigenvalue weighted by atomic mass is 19.3. The minimum atomic E-state index is -2.90. The van der Waals surface area contributed by atoms with E-state index >= 15 is 0 Å². The summed E-state index contributed by atoms with van der Waals surface area (Å²) in [7, 11) is 0. The molecule has 0 radical (unpaired) electrons. The van der Waals surface area contributed by atoms with Gasteiger partial charge in [0, 0.05) is 12.1 Å². The Morgan fingerprint density at radius 2 is 1.83 bits per heavy atom. The first kappa shape index (κ1) is 13.9. The molecular weight excluding hydrogens is 248 g/mol. The molecule has 0 bridgehead atoms. The third-order valence-corrected chi connectivity index (χ3v) is 1.93. The second-order valence-electron chi connectivity index (χ2n) is 3.34. The van der Waals surface area contributed by atoms with Crippen molar-refractivity contribution in [1.82, 2.24) is 0 Å². The molecule has 0 aliphatic carbocycles. The highest BCUT2D eigenvalue weighted by molar-refractivity contribution is 5.92. The lowest BCUT2D eigenvalue weighted by molar-refractivity contribution is -0.138. The molecule has 1 rings (SSSR count). The van der Waals surface area contributed by atoms with Crippen molar-refractivity contribution in [3.8, 4) is 5.75 Å². The van der Waals surface area contributed by atoms with Crippen LogP contribution in [0.25, 0.3) is 0 Å². The van der Waals surface area contributed by atoms with Gasteiger partial charge in [-0.3, -0.25) is 9.59 Å². The minimum Gasteiger partial charge on any atom is -0.481 e. The van der Waals surface area contributed by atoms with Crippen LogP contribution in [-0.2, 0) is 9.59 Å². The van der Waals surface area contributed by atoms with Crippen LogP contribution in [0, 0.1) is 0 Å². The lowest BCUT2D eigenvalue weighted by atomic mass is 10.2. The topological polar surface area (TPSA) is 75.6 Å². The third kappa shape index (κ3) is 5.24. The fourth-order valence-electron chi connectivity index (χ4n) is 1.16. The molecule has 0 heterocycles. The van der Waals surface area contributed by atoms with E-state index < -0.39 is 18.5 Å². The van der Waals surface area contributed by atoms with Crippen LogP contribution in [0.5, 0.6) is 5.75 Å². The number of amides is 1.